The molecule has 0 N–H and O–H groups in total. The predicted octanol–water partition coefficient (Wildman–Crippen LogP) is 1.12. The van der Waals surface area contributed by atoms with Crippen molar-refractivity contribution < 1.29 is 23.5 Å². The van der Waals surface area contributed by atoms with Crippen LogP contribution in [-0.4, -0.2) is 41.6 Å². The van der Waals surface area contributed by atoms with Crippen LogP contribution in [0.1, 0.15) is 12.7 Å². The molecule has 1 aromatic heterocycles. The number of carbonyl (C=O) groups excluding carboxylic acids is 2. The van der Waals surface area contributed by atoms with Gasteiger partial charge in [0.2, 0.25) is 5.91 Å². The maximum Gasteiger partial charge on any atom is 0.312 e. The van der Waals surface area contributed by atoms with Gasteiger partial charge in [-0.15, -0.1) is 0 Å². The standard InChI is InChI=1S/C16H17NO5/c1-2-20-15(19)12-11-5-6-16(22-11)9-17(14(18)13(12)16)8-10-4-3-7-21-10/h3-7,11-13H,2,8-9H2,1H3/t11-,12+,13-,16-/m0/s1. The van der Waals surface area contributed by atoms with E-state index in [4.69, 9.17) is 13.9 Å². The molecule has 2 bridgehead atoms. The van der Waals surface area contributed by atoms with E-state index in [1.807, 2.05) is 18.2 Å². The summed E-state index contributed by atoms with van der Waals surface area (Å²) in [5.41, 5.74) is -0.689. The van der Waals surface area contributed by atoms with E-state index in [0.717, 1.165) is 5.76 Å². The van der Waals surface area contributed by atoms with Gasteiger partial charge in [0.15, 0.2) is 0 Å². The van der Waals surface area contributed by atoms with E-state index in [-0.39, 0.29) is 18.0 Å². The largest absolute Gasteiger partial charge is 0.467 e. The molecule has 1 amide bonds. The van der Waals surface area contributed by atoms with Crippen LogP contribution in [0.3, 0.4) is 0 Å². The number of hydrogen-bond donors (Lipinski definition) is 0. The van der Waals surface area contributed by atoms with Crippen LogP contribution >= 0.6 is 0 Å². The van der Waals surface area contributed by atoms with Gasteiger partial charge in [0.1, 0.15) is 17.3 Å². The second-order valence-corrected chi connectivity index (χ2v) is 5.93. The van der Waals surface area contributed by atoms with Gasteiger partial charge >= 0.3 is 5.97 Å². The third kappa shape index (κ3) is 1.76. The zero-order chi connectivity index (χ0) is 15.3. The highest BCUT2D eigenvalue weighted by Gasteiger charge is 2.67. The highest BCUT2D eigenvalue weighted by Crippen LogP contribution is 2.52. The molecule has 3 aliphatic rings. The summed E-state index contributed by atoms with van der Waals surface area (Å²) in [7, 11) is 0. The number of furan rings is 1. The van der Waals surface area contributed by atoms with Gasteiger partial charge < -0.3 is 18.8 Å². The molecule has 22 heavy (non-hydrogen) atoms. The fraction of sp³-hybridized carbons (Fsp3) is 0.500. The minimum Gasteiger partial charge on any atom is -0.467 e. The number of esters is 1. The van der Waals surface area contributed by atoms with Gasteiger partial charge in [0.05, 0.1) is 38.0 Å². The topological polar surface area (TPSA) is 69.0 Å². The monoisotopic (exact) mass is 303 g/mol. The van der Waals surface area contributed by atoms with E-state index in [9.17, 15) is 9.59 Å². The summed E-state index contributed by atoms with van der Waals surface area (Å²) in [5.74, 6) is -0.732. The fourth-order valence-electron chi connectivity index (χ4n) is 3.81. The summed E-state index contributed by atoms with van der Waals surface area (Å²) in [6.07, 6.45) is 5.04. The van der Waals surface area contributed by atoms with E-state index in [0.29, 0.717) is 19.7 Å². The zero-order valence-corrected chi connectivity index (χ0v) is 12.2. The molecule has 6 heteroatoms. The van der Waals surface area contributed by atoms with Crippen molar-refractivity contribution in [2.24, 2.45) is 11.8 Å². The molecule has 1 aromatic rings. The summed E-state index contributed by atoms with van der Waals surface area (Å²) in [4.78, 5) is 26.7. The van der Waals surface area contributed by atoms with Crippen molar-refractivity contribution >= 4 is 11.9 Å². The van der Waals surface area contributed by atoms with Crippen molar-refractivity contribution in [1.29, 1.82) is 0 Å². The Kier molecular flexibility index (Phi) is 2.91. The first-order valence-corrected chi connectivity index (χ1v) is 7.49. The maximum atomic E-state index is 12.8. The van der Waals surface area contributed by atoms with E-state index >= 15 is 0 Å². The average Bonchev–Trinajstić information content (AvgIpc) is 3.23. The molecule has 3 aliphatic heterocycles. The number of nitrogens with zero attached hydrogens (tertiary/aromatic N) is 1. The summed E-state index contributed by atoms with van der Waals surface area (Å²) < 4.78 is 16.4. The van der Waals surface area contributed by atoms with E-state index in [1.165, 1.54) is 0 Å². The van der Waals surface area contributed by atoms with E-state index in [2.05, 4.69) is 0 Å². The van der Waals surface area contributed by atoms with Crippen LogP contribution in [0, 0.1) is 11.8 Å². The first-order chi connectivity index (χ1) is 10.6. The number of carbonyl (C=O) groups is 2. The maximum absolute atomic E-state index is 12.8. The fourth-order valence-corrected chi connectivity index (χ4v) is 3.81. The van der Waals surface area contributed by atoms with Crippen molar-refractivity contribution in [2.75, 3.05) is 13.2 Å². The van der Waals surface area contributed by atoms with E-state index in [1.54, 1.807) is 24.2 Å². The zero-order valence-electron chi connectivity index (χ0n) is 12.2. The number of ether oxygens (including phenoxy) is 2. The molecule has 1 spiro atoms. The lowest BCUT2D eigenvalue weighted by Crippen LogP contribution is -2.39. The molecule has 4 atom stereocenters. The molecule has 0 aromatic carbocycles. The molecule has 4 rings (SSSR count). The summed E-state index contributed by atoms with van der Waals surface area (Å²) in [6, 6.07) is 3.62. The SMILES string of the molecule is CCOC(=O)[C@@H]1[C@@H]2C=C[C@@]3(CN(Cc4ccco4)C(=O)[C@H]13)O2. The smallest absolute Gasteiger partial charge is 0.312 e. The molecule has 0 saturated carbocycles. The molecule has 2 saturated heterocycles. The van der Waals surface area contributed by atoms with Gasteiger partial charge in [0.25, 0.3) is 0 Å². The molecule has 6 nitrogen and oxygen atoms in total. The van der Waals surface area contributed by atoms with Gasteiger partial charge in [-0.3, -0.25) is 9.59 Å². The second kappa shape index (κ2) is 4.71. The van der Waals surface area contributed by atoms with E-state index < -0.39 is 17.4 Å². The lowest BCUT2D eigenvalue weighted by atomic mass is 9.77. The van der Waals surface area contributed by atoms with Crippen LogP contribution in [-0.2, 0) is 25.6 Å². The Bertz CT molecular complexity index is 637. The minimum atomic E-state index is -0.689. The van der Waals surface area contributed by atoms with Crippen molar-refractivity contribution in [3.05, 3.63) is 36.3 Å². The van der Waals surface area contributed by atoms with Gasteiger partial charge in [-0.1, -0.05) is 12.2 Å². The first-order valence-electron chi connectivity index (χ1n) is 7.49. The average molecular weight is 303 g/mol. The van der Waals surface area contributed by atoms with Crippen molar-refractivity contribution in [1.82, 2.24) is 4.90 Å². The van der Waals surface area contributed by atoms with Crippen LogP contribution in [0.2, 0.25) is 0 Å². The quantitative estimate of drug-likeness (QED) is 0.616. The Balaban J connectivity index is 1.61. The molecule has 0 radical (unpaired) electrons. The van der Waals surface area contributed by atoms with Crippen LogP contribution in [0.25, 0.3) is 0 Å². The summed E-state index contributed by atoms with van der Waals surface area (Å²) in [6.45, 7) is 2.90. The molecule has 0 unspecified atom stereocenters. The van der Waals surface area contributed by atoms with Crippen LogP contribution < -0.4 is 0 Å². The lowest BCUT2D eigenvalue weighted by Gasteiger charge is -2.22. The Hall–Kier alpha value is -2.08. The molecular formula is C16H17NO5. The molecule has 2 fully saturated rings. The number of hydrogen-bond acceptors (Lipinski definition) is 5. The lowest BCUT2D eigenvalue weighted by molar-refractivity contribution is -0.153. The van der Waals surface area contributed by atoms with Crippen LogP contribution in [0.5, 0.6) is 0 Å². The van der Waals surface area contributed by atoms with Gasteiger partial charge in [0, 0.05) is 0 Å². The normalized spacial score (nSPS) is 35.2. The Labute approximate surface area is 127 Å². The van der Waals surface area contributed by atoms with Gasteiger partial charge in [-0.05, 0) is 19.1 Å². The highest BCUT2D eigenvalue weighted by atomic mass is 16.6. The summed E-state index contributed by atoms with van der Waals surface area (Å²) in [5, 5.41) is 0. The Morgan fingerprint density at radius 3 is 3.14 bits per heavy atom. The number of amides is 1. The third-order valence-electron chi connectivity index (χ3n) is 4.66. The first kappa shape index (κ1) is 13.6. The summed E-state index contributed by atoms with van der Waals surface area (Å²) >= 11 is 0. The molecular weight excluding hydrogens is 286 g/mol. The molecule has 0 aliphatic carbocycles. The van der Waals surface area contributed by atoms with Crippen molar-refractivity contribution in [3.63, 3.8) is 0 Å². The third-order valence-corrected chi connectivity index (χ3v) is 4.66. The molecule has 4 heterocycles. The highest BCUT2D eigenvalue weighted by molar-refractivity contribution is 5.91. The molecule has 116 valence electrons. The van der Waals surface area contributed by atoms with Gasteiger partial charge in [-0.2, -0.15) is 0 Å². The predicted molar refractivity (Wildman–Crippen MR) is 74.5 cm³/mol. The van der Waals surface area contributed by atoms with Crippen LogP contribution in [0.4, 0.5) is 0 Å². The minimum absolute atomic E-state index is 0.0682. The second-order valence-electron chi connectivity index (χ2n) is 5.93. The van der Waals surface area contributed by atoms with Crippen LogP contribution in [0.15, 0.2) is 35.0 Å². The number of rotatable bonds is 4. The number of fused-ring (bicyclic) bond motifs is 1. The Morgan fingerprint density at radius 2 is 2.41 bits per heavy atom. The van der Waals surface area contributed by atoms with Crippen molar-refractivity contribution in [2.45, 2.75) is 25.2 Å². The number of likely N-dealkylation sites (tertiary alicyclic amines) is 1. The Morgan fingerprint density at radius 1 is 1.55 bits per heavy atom. The van der Waals surface area contributed by atoms with Crippen molar-refractivity contribution in [3.8, 4) is 0 Å². The van der Waals surface area contributed by atoms with Gasteiger partial charge in [-0.25, -0.2) is 0 Å².